The van der Waals surface area contributed by atoms with Gasteiger partial charge >= 0.3 is 5.69 Å². The lowest BCUT2D eigenvalue weighted by Gasteiger charge is -2.19. The SMILES string of the molecule is COc1ccc2c(=O)n3c(=O)n(c2c1)CCCC(=O)C(=O)c1cccc(C)c1-3. The molecule has 7 nitrogen and oxygen atoms in total. The maximum absolute atomic E-state index is 13.3. The zero-order valence-corrected chi connectivity index (χ0v) is 15.5. The van der Waals surface area contributed by atoms with Crippen LogP contribution in [-0.4, -0.2) is 27.8 Å². The van der Waals surface area contributed by atoms with Gasteiger partial charge in [-0.05, 0) is 37.1 Å². The number of carbonyl (C=O) groups is 2. The quantitative estimate of drug-likeness (QED) is 0.605. The number of aryl methyl sites for hydroxylation is 2. The fourth-order valence-electron chi connectivity index (χ4n) is 3.69. The minimum absolute atomic E-state index is 0.0310. The summed E-state index contributed by atoms with van der Waals surface area (Å²) in [7, 11) is 1.51. The lowest BCUT2D eigenvalue weighted by Crippen LogP contribution is -2.41. The van der Waals surface area contributed by atoms with Gasteiger partial charge < -0.3 is 4.74 Å². The highest BCUT2D eigenvalue weighted by molar-refractivity contribution is 6.44. The molecule has 2 heterocycles. The first-order valence-electron chi connectivity index (χ1n) is 8.95. The van der Waals surface area contributed by atoms with Gasteiger partial charge in [0, 0.05) is 19.0 Å². The molecule has 142 valence electrons. The molecule has 0 amide bonds. The Hall–Kier alpha value is -3.48. The standard InChI is InChI=1S/C21H18N2O5/c1-12-5-3-6-15-18(12)23-20(26)14-9-8-13(28-2)11-16(14)22(21(23)27)10-4-7-17(24)19(15)25/h3,5-6,8-9,11H,4,7,10H2,1-2H3. The van der Waals surface area contributed by atoms with Gasteiger partial charge in [-0.2, -0.15) is 0 Å². The number of para-hydroxylation sites is 1. The van der Waals surface area contributed by atoms with Crippen molar-refractivity contribution in [2.45, 2.75) is 26.3 Å². The topological polar surface area (TPSA) is 87.4 Å². The van der Waals surface area contributed by atoms with Crippen LogP contribution in [-0.2, 0) is 11.3 Å². The predicted molar refractivity (Wildman–Crippen MR) is 104 cm³/mol. The van der Waals surface area contributed by atoms with Gasteiger partial charge in [-0.15, -0.1) is 0 Å². The Morgan fingerprint density at radius 1 is 1.04 bits per heavy atom. The summed E-state index contributed by atoms with van der Waals surface area (Å²) in [6.45, 7) is 1.92. The monoisotopic (exact) mass is 378 g/mol. The number of ether oxygens (including phenoxy) is 1. The molecule has 7 heteroatoms. The van der Waals surface area contributed by atoms with E-state index in [1.54, 1.807) is 37.3 Å². The van der Waals surface area contributed by atoms with E-state index in [9.17, 15) is 19.2 Å². The molecule has 2 aromatic carbocycles. The van der Waals surface area contributed by atoms with Gasteiger partial charge in [0.05, 0.1) is 29.3 Å². The van der Waals surface area contributed by atoms with Crippen molar-refractivity contribution in [2.24, 2.45) is 0 Å². The highest BCUT2D eigenvalue weighted by Crippen LogP contribution is 2.23. The van der Waals surface area contributed by atoms with E-state index in [-0.39, 0.29) is 24.2 Å². The summed E-state index contributed by atoms with van der Waals surface area (Å²) in [5.41, 5.74) is 0.186. The zero-order chi connectivity index (χ0) is 20.0. The van der Waals surface area contributed by atoms with Crippen LogP contribution >= 0.6 is 0 Å². The van der Waals surface area contributed by atoms with Gasteiger partial charge in [0.25, 0.3) is 5.56 Å². The number of aromatic nitrogens is 2. The number of benzene rings is 2. The minimum Gasteiger partial charge on any atom is -0.497 e. The molecule has 2 bridgehead atoms. The molecule has 0 unspecified atom stereocenters. The third-order valence-electron chi connectivity index (χ3n) is 5.10. The van der Waals surface area contributed by atoms with Gasteiger partial charge in [-0.1, -0.05) is 12.1 Å². The average Bonchev–Trinajstić information content (AvgIpc) is 2.69. The first-order chi connectivity index (χ1) is 13.4. The lowest BCUT2D eigenvalue weighted by molar-refractivity contribution is -0.115. The Bertz CT molecular complexity index is 1270. The first-order valence-corrected chi connectivity index (χ1v) is 8.95. The molecule has 3 aromatic rings. The van der Waals surface area contributed by atoms with Gasteiger partial charge in [-0.3, -0.25) is 19.0 Å². The van der Waals surface area contributed by atoms with E-state index in [0.29, 0.717) is 28.6 Å². The minimum atomic E-state index is -0.673. The fraction of sp³-hybridized carbons (Fsp3) is 0.238. The van der Waals surface area contributed by atoms with Crippen LogP contribution in [0.4, 0.5) is 0 Å². The van der Waals surface area contributed by atoms with E-state index < -0.39 is 22.8 Å². The van der Waals surface area contributed by atoms with Gasteiger partial charge in [0.1, 0.15) is 5.75 Å². The van der Waals surface area contributed by atoms with Crippen molar-refractivity contribution in [3.63, 3.8) is 0 Å². The molecule has 0 aliphatic carbocycles. The first kappa shape index (κ1) is 17.9. The summed E-state index contributed by atoms with van der Waals surface area (Å²) in [6.07, 6.45) is 0.347. The van der Waals surface area contributed by atoms with Crippen molar-refractivity contribution in [3.05, 3.63) is 68.4 Å². The summed E-state index contributed by atoms with van der Waals surface area (Å²) < 4.78 is 7.71. The van der Waals surface area contributed by atoms with Crippen LogP contribution in [0.25, 0.3) is 16.6 Å². The van der Waals surface area contributed by atoms with Crippen molar-refractivity contribution in [1.82, 2.24) is 9.13 Å². The number of fused-ring (bicyclic) bond motifs is 6. The van der Waals surface area contributed by atoms with Crippen molar-refractivity contribution in [1.29, 1.82) is 0 Å². The summed E-state index contributed by atoms with van der Waals surface area (Å²) >= 11 is 0. The number of rotatable bonds is 1. The molecular weight excluding hydrogens is 360 g/mol. The summed E-state index contributed by atoms with van der Waals surface area (Å²) in [5, 5.41) is 0.342. The van der Waals surface area contributed by atoms with Gasteiger partial charge in [0.2, 0.25) is 11.6 Å². The van der Waals surface area contributed by atoms with Crippen LogP contribution < -0.4 is 16.0 Å². The Balaban J connectivity index is 2.22. The highest BCUT2D eigenvalue weighted by Gasteiger charge is 2.26. The molecule has 0 radical (unpaired) electrons. The van der Waals surface area contributed by atoms with Crippen LogP contribution in [0, 0.1) is 6.92 Å². The average molecular weight is 378 g/mol. The van der Waals surface area contributed by atoms with Crippen molar-refractivity contribution < 1.29 is 14.3 Å². The van der Waals surface area contributed by atoms with Crippen molar-refractivity contribution in [2.75, 3.05) is 7.11 Å². The third-order valence-corrected chi connectivity index (χ3v) is 5.10. The third kappa shape index (κ3) is 2.58. The summed E-state index contributed by atoms with van der Waals surface area (Å²) in [6, 6.07) is 9.73. The zero-order valence-electron chi connectivity index (χ0n) is 15.5. The molecule has 1 aliphatic rings. The molecule has 0 N–H and O–H groups in total. The maximum Gasteiger partial charge on any atom is 0.336 e. The predicted octanol–water partition coefficient (Wildman–Crippen LogP) is 2.02. The number of hydrogen-bond donors (Lipinski definition) is 0. The van der Waals surface area contributed by atoms with E-state index in [1.807, 2.05) is 0 Å². The number of methoxy groups -OCH3 is 1. The van der Waals surface area contributed by atoms with Crippen LogP contribution in [0.3, 0.4) is 0 Å². The smallest absolute Gasteiger partial charge is 0.336 e. The normalized spacial score (nSPS) is 14.1. The second-order valence-electron chi connectivity index (χ2n) is 6.78. The van der Waals surface area contributed by atoms with E-state index >= 15 is 0 Å². The summed E-state index contributed by atoms with van der Waals surface area (Å²) in [5.74, 6) is -0.680. The van der Waals surface area contributed by atoms with Crippen LogP contribution in [0.2, 0.25) is 0 Å². The highest BCUT2D eigenvalue weighted by atomic mass is 16.5. The second kappa shape index (κ2) is 6.60. The molecule has 1 aromatic heterocycles. The fourth-order valence-corrected chi connectivity index (χ4v) is 3.69. The molecule has 0 fully saturated rings. The van der Waals surface area contributed by atoms with Crippen LogP contribution in [0.1, 0.15) is 28.8 Å². The van der Waals surface area contributed by atoms with Crippen molar-refractivity contribution >= 4 is 22.5 Å². The van der Waals surface area contributed by atoms with E-state index in [1.165, 1.54) is 17.7 Å². The van der Waals surface area contributed by atoms with Crippen LogP contribution in [0.5, 0.6) is 5.75 Å². The largest absolute Gasteiger partial charge is 0.497 e. The Morgan fingerprint density at radius 3 is 2.57 bits per heavy atom. The van der Waals surface area contributed by atoms with E-state index in [0.717, 1.165) is 4.57 Å². The van der Waals surface area contributed by atoms with E-state index in [4.69, 9.17) is 4.74 Å². The number of Topliss-reactive ketones (excluding diaryl/α,β-unsaturated/α-hetero) is 2. The molecule has 0 atom stereocenters. The van der Waals surface area contributed by atoms with E-state index in [2.05, 4.69) is 0 Å². The molecule has 1 aliphatic heterocycles. The van der Waals surface area contributed by atoms with Crippen molar-refractivity contribution in [3.8, 4) is 11.4 Å². The Labute approximate surface area is 159 Å². The molecule has 28 heavy (non-hydrogen) atoms. The lowest BCUT2D eigenvalue weighted by atomic mass is 9.99. The van der Waals surface area contributed by atoms with Crippen LogP contribution in [0.15, 0.2) is 46.0 Å². The summed E-state index contributed by atoms with van der Waals surface area (Å²) in [4.78, 5) is 51.6. The van der Waals surface area contributed by atoms with Gasteiger partial charge in [0.15, 0.2) is 0 Å². The molecule has 0 saturated carbocycles. The molecular formula is C21H18N2O5. The molecule has 4 rings (SSSR count). The number of carbonyl (C=O) groups excluding carboxylic acids is 2. The Morgan fingerprint density at radius 2 is 1.82 bits per heavy atom. The number of ketones is 2. The van der Waals surface area contributed by atoms with Gasteiger partial charge in [-0.25, -0.2) is 9.36 Å². The maximum atomic E-state index is 13.3. The second-order valence-corrected chi connectivity index (χ2v) is 6.78. The molecule has 0 spiro atoms. The Kier molecular flexibility index (Phi) is 4.22. The number of nitrogens with zero attached hydrogens (tertiary/aromatic N) is 2. The number of hydrogen-bond acceptors (Lipinski definition) is 5. The molecule has 0 saturated heterocycles.